The highest BCUT2D eigenvalue weighted by molar-refractivity contribution is 5.85. The Morgan fingerprint density at radius 2 is 1.86 bits per heavy atom. The highest BCUT2D eigenvalue weighted by atomic mass is 19.1. The average Bonchev–Trinajstić information content (AvgIpc) is 3.58. The van der Waals surface area contributed by atoms with Crippen molar-refractivity contribution in [2.45, 2.75) is 43.9 Å². The molecule has 1 amide bonds. The maximum atomic E-state index is 15.8. The van der Waals surface area contributed by atoms with E-state index in [4.69, 9.17) is 4.98 Å². The van der Waals surface area contributed by atoms with Crippen molar-refractivity contribution >= 4 is 17.1 Å². The molecule has 0 spiro atoms. The number of halogens is 1. The molecule has 11 nitrogen and oxygen atoms in total. The number of likely N-dealkylation sites (tertiary alicyclic amines) is 2. The summed E-state index contributed by atoms with van der Waals surface area (Å²) in [7, 11) is 0. The Kier molecular flexibility index (Phi) is 5.88. The lowest BCUT2D eigenvalue weighted by Crippen LogP contribution is -2.54. The van der Waals surface area contributed by atoms with Crippen LogP contribution in [0.4, 0.5) is 4.39 Å². The predicted molar refractivity (Wildman–Crippen MR) is 128 cm³/mol. The molecule has 4 aromatic heterocycles. The minimum absolute atomic E-state index is 0.0957. The molecular weight excluding hydrogens is 463 g/mol. The van der Waals surface area contributed by atoms with Crippen LogP contribution < -0.4 is 0 Å². The number of imidazole rings is 1. The maximum Gasteiger partial charge on any atom is 0.260 e. The molecule has 6 heterocycles. The summed E-state index contributed by atoms with van der Waals surface area (Å²) < 4.78 is 17.9. The van der Waals surface area contributed by atoms with Crippen molar-refractivity contribution in [2.24, 2.45) is 0 Å². The highest BCUT2D eigenvalue weighted by Gasteiger charge is 2.45. The zero-order chi connectivity index (χ0) is 24.5. The zero-order valence-corrected chi connectivity index (χ0v) is 19.8. The number of carbonyl (C=O) groups is 1. The van der Waals surface area contributed by atoms with Crippen molar-refractivity contribution in [3.05, 3.63) is 48.5 Å². The number of hydrogen-bond acceptors (Lipinski definition) is 8. The van der Waals surface area contributed by atoms with Crippen molar-refractivity contribution in [1.29, 1.82) is 0 Å². The fourth-order valence-electron chi connectivity index (χ4n) is 5.29. The molecule has 12 heteroatoms. The second kappa shape index (κ2) is 9.34. The van der Waals surface area contributed by atoms with Gasteiger partial charge in [-0.3, -0.25) is 14.7 Å². The number of aromatic nitrogens is 8. The van der Waals surface area contributed by atoms with Gasteiger partial charge in [0.15, 0.2) is 23.0 Å². The van der Waals surface area contributed by atoms with Gasteiger partial charge in [0, 0.05) is 57.5 Å². The van der Waals surface area contributed by atoms with Crippen LogP contribution in [-0.2, 0) is 11.3 Å². The zero-order valence-electron chi connectivity index (χ0n) is 19.8. The number of pyridine rings is 2. The van der Waals surface area contributed by atoms with E-state index in [-0.39, 0.29) is 18.9 Å². The predicted octanol–water partition coefficient (Wildman–Crippen LogP) is 2.17. The lowest BCUT2D eigenvalue weighted by Gasteiger charge is -2.40. The van der Waals surface area contributed by atoms with Crippen LogP contribution >= 0.6 is 0 Å². The third-order valence-corrected chi connectivity index (χ3v) is 7.25. The molecular formula is C24H27FN10O. The van der Waals surface area contributed by atoms with E-state index in [9.17, 15) is 4.79 Å². The average molecular weight is 491 g/mol. The summed E-state index contributed by atoms with van der Waals surface area (Å²) in [6.45, 7) is 2.45. The number of nitrogens with zero attached hydrogens (tertiary/aromatic N) is 9. The van der Waals surface area contributed by atoms with E-state index in [2.05, 4.69) is 40.1 Å². The van der Waals surface area contributed by atoms with Crippen LogP contribution in [0.2, 0.25) is 0 Å². The van der Waals surface area contributed by atoms with E-state index in [0.29, 0.717) is 51.4 Å². The Bertz CT molecular complexity index is 1330. The second-order valence-electron chi connectivity index (χ2n) is 9.46. The number of piperidine rings is 2. The molecule has 0 radical (unpaired) electrons. The number of tetrazole rings is 1. The molecule has 2 saturated heterocycles. The number of rotatable bonds is 5. The molecule has 0 unspecified atom stereocenters. The Morgan fingerprint density at radius 1 is 1.06 bits per heavy atom. The van der Waals surface area contributed by atoms with Gasteiger partial charge in [0.1, 0.15) is 11.2 Å². The molecule has 36 heavy (non-hydrogen) atoms. The molecule has 1 N–H and O–H groups in total. The molecule has 186 valence electrons. The topological polar surface area (TPSA) is 122 Å². The molecule has 0 saturated carbocycles. The van der Waals surface area contributed by atoms with Gasteiger partial charge in [0.2, 0.25) is 0 Å². The first-order valence-corrected chi connectivity index (χ1v) is 12.3. The van der Waals surface area contributed by atoms with Gasteiger partial charge in [-0.05, 0) is 37.1 Å². The molecule has 2 fully saturated rings. The van der Waals surface area contributed by atoms with E-state index in [1.807, 2.05) is 30.3 Å². The number of nitrogens with one attached hydrogen (secondary N) is 1. The fourth-order valence-corrected chi connectivity index (χ4v) is 5.29. The minimum atomic E-state index is -1.83. The van der Waals surface area contributed by atoms with Crippen LogP contribution in [0, 0.1) is 0 Å². The first-order chi connectivity index (χ1) is 17.6. The first kappa shape index (κ1) is 22.7. The molecule has 6 rings (SSSR count). The van der Waals surface area contributed by atoms with Gasteiger partial charge >= 0.3 is 0 Å². The summed E-state index contributed by atoms with van der Waals surface area (Å²) in [5.74, 6) is 0.949. The molecule has 2 aliphatic heterocycles. The summed E-state index contributed by atoms with van der Waals surface area (Å²) in [6, 6.07) is 9.67. The SMILES string of the molecule is O=C(N1CCC(n2c(-c3ccccn3)nc3cccnc32)CC1)C1(F)CCN(Cc2nn[nH]n2)CC1. The number of alkyl halides is 1. The van der Waals surface area contributed by atoms with Crippen molar-refractivity contribution < 1.29 is 9.18 Å². The minimum Gasteiger partial charge on any atom is -0.340 e. The summed E-state index contributed by atoms with van der Waals surface area (Å²) in [5.41, 5.74) is 0.568. The summed E-state index contributed by atoms with van der Waals surface area (Å²) >= 11 is 0. The van der Waals surface area contributed by atoms with Gasteiger partial charge in [-0.1, -0.05) is 11.3 Å². The Morgan fingerprint density at radius 3 is 2.58 bits per heavy atom. The van der Waals surface area contributed by atoms with Gasteiger partial charge < -0.3 is 9.47 Å². The van der Waals surface area contributed by atoms with Gasteiger partial charge in [-0.15, -0.1) is 10.2 Å². The van der Waals surface area contributed by atoms with E-state index in [0.717, 1.165) is 22.7 Å². The number of fused-ring (bicyclic) bond motifs is 1. The number of H-pyrrole nitrogens is 1. The van der Waals surface area contributed by atoms with Crippen LogP contribution in [0.25, 0.3) is 22.7 Å². The van der Waals surface area contributed by atoms with E-state index in [1.165, 1.54) is 0 Å². The van der Waals surface area contributed by atoms with Crippen LogP contribution in [0.5, 0.6) is 0 Å². The van der Waals surface area contributed by atoms with Crippen LogP contribution in [0.15, 0.2) is 42.7 Å². The van der Waals surface area contributed by atoms with Crippen LogP contribution in [0.1, 0.15) is 37.5 Å². The van der Waals surface area contributed by atoms with Gasteiger partial charge in [0.25, 0.3) is 5.91 Å². The lowest BCUT2D eigenvalue weighted by molar-refractivity contribution is -0.148. The summed E-state index contributed by atoms with van der Waals surface area (Å²) in [6.07, 6.45) is 5.26. The molecule has 4 aromatic rings. The monoisotopic (exact) mass is 490 g/mol. The van der Waals surface area contributed by atoms with Crippen molar-refractivity contribution in [2.75, 3.05) is 26.2 Å². The number of aromatic amines is 1. The van der Waals surface area contributed by atoms with Crippen LogP contribution in [0.3, 0.4) is 0 Å². The Hall–Kier alpha value is -3.80. The van der Waals surface area contributed by atoms with Gasteiger partial charge in [-0.2, -0.15) is 5.21 Å². The first-order valence-electron chi connectivity index (χ1n) is 12.3. The maximum absolute atomic E-state index is 15.8. The fraction of sp³-hybridized carbons (Fsp3) is 0.458. The molecule has 0 aliphatic carbocycles. The molecule has 2 aliphatic rings. The van der Waals surface area contributed by atoms with Gasteiger partial charge in [-0.25, -0.2) is 14.4 Å². The molecule has 0 bridgehead atoms. The Labute approximate surface area is 206 Å². The lowest BCUT2D eigenvalue weighted by atomic mass is 9.90. The number of hydrogen-bond donors (Lipinski definition) is 1. The highest BCUT2D eigenvalue weighted by Crippen LogP contribution is 2.35. The molecule has 0 aromatic carbocycles. The number of amides is 1. The van der Waals surface area contributed by atoms with E-state index >= 15 is 4.39 Å². The molecule has 0 atom stereocenters. The summed E-state index contributed by atoms with van der Waals surface area (Å²) in [5, 5.41) is 13.9. The number of carbonyl (C=O) groups excluding carboxylic acids is 1. The smallest absolute Gasteiger partial charge is 0.260 e. The third-order valence-electron chi connectivity index (χ3n) is 7.25. The standard InChI is InChI=1S/C24H27FN10O/c25-24(8-14-33(15-9-24)16-20-29-31-32-30-20)23(36)34-12-6-17(7-13-34)35-21-19(5-3-11-27-21)28-22(35)18-4-1-2-10-26-18/h1-5,10-11,17H,6-9,12-16H2,(H,29,30,31,32). The van der Waals surface area contributed by atoms with Crippen LogP contribution in [-0.4, -0.2) is 87.7 Å². The Balaban J connectivity index is 1.14. The largest absolute Gasteiger partial charge is 0.340 e. The van der Waals surface area contributed by atoms with E-state index in [1.54, 1.807) is 17.3 Å². The quantitative estimate of drug-likeness (QED) is 0.452. The third kappa shape index (κ3) is 4.21. The van der Waals surface area contributed by atoms with E-state index < -0.39 is 11.6 Å². The van der Waals surface area contributed by atoms with Crippen molar-refractivity contribution in [1.82, 2.24) is 49.9 Å². The van der Waals surface area contributed by atoms with Gasteiger partial charge in [0.05, 0.1) is 6.54 Å². The second-order valence-corrected chi connectivity index (χ2v) is 9.46. The summed E-state index contributed by atoms with van der Waals surface area (Å²) in [4.78, 5) is 30.9. The normalized spacial score (nSPS) is 19.1. The van der Waals surface area contributed by atoms with Crippen molar-refractivity contribution in [3.63, 3.8) is 0 Å². The van der Waals surface area contributed by atoms with Crippen molar-refractivity contribution in [3.8, 4) is 11.5 Å².